The first-order valence-corrected chi connectivity index (χ1v) is 16.5. The van der Waals surface area contributed by atoms with Crippen molar-refractivity contribution in [2.24, 2.45) is 11.3 Å². The summed E-state index contributed by atoms with van der Waals surface area (Å²) >= 11 is 0. The summed E-state index contributed by atoms with van der Waals surface area (Å²) in [7, 11) is 3.25. The van der Waals surface area contributed by atoms with E-state index in [1.165, 1.54) is 12.0 Å². The predicted molar refractivity (Wildman–Crippen MR) is 174 cm³/mol. The number of hydroxylamine groups is 2. The number of benzene rings is 2. The standard InChI is InChI=1S/C37H53NO7/c1-8-37(42-25-34(2,3)26-43-37)21-20-36(28-18-19-31(40-6)32(22-28)41-7)23-33(45-38(39)24-36)44-30-17-13-12-16-29(30)35(4,5)27-14-10-9-11-15-27/h8-11,14-15,18-19,22,29-30,33,38H,1,12-13,16-17,20-21,23-26H2,2-7H3. The lowest BCUT2D eigenvalue weighted by molar-refractivity contribution is -1.07. The summed E-state index contributed by atoms with van der Waals surface area (Å²) in [5.41, 5.74) is 1.51. The maximum Gasteiger partial charge on any atom is 0.217 e. The molecule has 2 aromatic carbocycles. The average molecular weight is 624 g/mol. The number of rotatable bonds is 11. The number of nitrogens with one attached hydrogen (secondary N) is 1. The highest BCUT2D eigenvalue weighted by atomic mass is 16.9. The van der Waals surface area contributed by atoms with Gasteiger partial charge in [0.15, 0.2) is 17.3 Å². The topological polar surface area (TPSA) is 82.9 Å². The van der Waals surface area contributed by atoms with Crippen LogP contribution in [0, 0.1) is 16.5 Å². The number of quaternary nitrogens is 1. The smallest absolute Gasteiger partial charge is 0.217 e. The van der Waals surface area contributed by atoms with Gasteiger partial charge in [0, 0.05) is 18.3 Å². The van der Waals surface area contributed by atoms with E-state index in [2.05, 4.69) is 64.6 Å². The molecule has 5 rings (SSSR count). The Morgan fingerprint density at radius 2 is 1.67 bits per heavy atom. The third-order valence-electron chi connectivity index (χ3n) is 10.5. The molecule has 2 heterocycles. The van der Waals surface area contributed by atoms with Crippen molar-refractivity contribution < 1.29 is 33.7 Å². The van der Waals surface area contributed by atoms with Gasteiger partial charge < -0.3 is 28.9 Å². The summed E-state index contributed by atoms with van der Waals surface area (Å²) in [5, 5.41) is 13.3. The van der Waals surface area contributed by atoms with E-state index in [-0.39, 0.29) is 28.7 Å². The van der Waals surface area contributed by atoms with Crippen LogP contribution in [0.3, 0.4) is 0 Å². The molecule has 2 aromatic rings. The SMILES string of the molecule is C=CC1(CCC2(c3ccc(OC)c(OC)c3)CC(OC3CCCCC3C(C)(C)c3ccccc3)O[NH+]([O-])C2)OCC(C)(C)CO1. The van der Waals surface area contributed by atoms with Crippen LogP contribution in [0.15, 0.2) is 61.2 Å². The third-order valence-corrected chi connectivity index (χ3v) is 10.5. The van der Waals surface area contributed by atoms with E-state index in [1.807, 2.05) is 18.2 Å². The zero-order chi connectivity index (χ0) is 32.3. The van der Waals surface area contributed by atoms with Gasteiger partial charge in [0.1, 0.15) is 6.54 Å². The Hall–Kier alpha value is -2.46. The van der Waals surface area contributed by atoms with E-state index in [4.69, 9.17) is 28.5 Å². The fourth-order valence-electron chi connectivity index (χ4n) is 7.55. The maximum absolute atomic E-state index is 13.5. The molecule has 3 aliphatic rings. The lowest BCUT2D eigenvalue weighted by atomic mass is 9.66. The van der Waals surface area contributed by atoms with Crippen LogP contribution >= 0.6 is 0 Å². The van der Waals surface area contributed by atoms with E-state index < -0.39 is 17.5 Å². The van der Waals surface area contributed by atoms with Gasteiger partial charge >= 0.3 is 0 Å². The van der Waals surface area contributed by atoms with Crippen molar-refractivity contribution in [3.8, 4) is 11.5 Å². The van der Waals surface area contributed by atoms with Crippen LogP contribution < -0.4 is 14.7 Å². The van der Waals surface area contributed by atoms with Crippen LogP contribution in [0.5, 0.6) is 11.5 Å². The molecule has 5 unspecified atom stereocenters. The fourth-order valence-corrected chi connectivity index (χ4v) is 7.55. The molecule has 0 amide bonds. The van der Waals surface area contributed by atoms with Gasteiger partial charge in [0.2, 0.25) is 6.29 Å². The summed E-state index contributed by atoms with van der Waals surface area (Å²) in [6.07, 6.45) is 6.99. The Labute approximate surface area is 269 Å². The highest BCUT2D eigenvalue weighted by molar-refractivity contribution is 5.45. The minimum Gasteiger partial charge on any atom is -0.600 e. The molecule has 3 fully saturated rings. The van der Waals surface area contributed by atoms with Gasteiger partial charge in [-0.1, -0.05) is 83.5 Å². The van der Waals surface area contributed by atoms with Crippen LogP contribution in [0.4, 0.5) is 0 Å². The Morgan fingerprint density at radius 3 is 2.33 bits per heavy atom. The summed E-state index contributed by atoms with van der Waals surface area (Å²) in [5.74, 6) is 0.624. The third kappa shape index (κ3) is 7.42. The molecule has 0 aromatic heterocycles. The van der Waals surface area contributed by atoms with E-state index >= 15 is 0 Å². The molecule has 2 saturated heterocycles. The fraction of sp³-hybridized carbons (Fsp3) is 0.622. The highest BCUT2D eigenvalue weighted by Crippen LogP contribution is 2.46. The van der Waals surface area contributed by atoms with Crippen molar-refractivity contribution >= 4 is 0 Å². The molecule has 8 heteroatoms. The van der Waals surface area contributed by atoms with Crippen molar-refractivity contribution in [2.75, 3.05) is 34.0 Å². The number of ether oxygens (including phenoxy) is 5. The molecule has 5 atom stereocenters. The molecule has 1 aliphatic carbocycles. The summed E-state index contributed by atoms with van der Waals surface area (Å²) < 4.78 is 30.8. The van der Waals surface area contributed by atoms with Crippen LogP contribution in [0.25, 0.3) is 0 Å². The van der Waals surface area contributed by atoms with Crippen LogP contribution in [0.1, 0.15) is 83.8 Å². The van der Waals surface area contributed by atoms with Crippen LogP contribution in [0.2, 0.25) is 0 Å². The molecule has 1 saturated carbocycles. The number of hydrogen-bond acceptors (Lipinski definition) is 7. The minimum atomic E-state index is -0.926. The van der Waals surface area contributed by atoms with Gasteiger partial charge in [0.05, 0.1) is 39.0 Å². The Morgan fingerprint density at radius 1 is 0.978 bits per heavy atom. The second kappa shape index (κ2) is 13.7. The first-order valence-electron chi connectivity index (χ1n) is 16.5. The van der Waals surface area contributed by atoms with E-state index in [0.717, 1.165) is 24.8 Å². The summed E-state index contributed by atoms with van der Waals surface area (Å²) in [6.45, 7) is 14.3. The summed E-state index contributed by atoms with van der Waals surface area (Å²) in [6, 6.07) is 16.6. The minimum absolute atomic E-state index is 0.0280. The van der Waals surface area contributed by atoms with Gasteiger partial charge in [-0.15, -0.1) is 0 Å². The molecular weight excluding hydrogens is 570 g/mol. The lowest BCUT2D eigenvalue weighted by Crippen LogP contribution is -3.10. The molecule has 1 N–H and O–H groups in total. The quantitative estimate of drug-likeness (QED) is 0.233. The largest absolute Gasteiger partial charge is 0.600 e. The molecule has 2 aliphatic heterocycles. The molecule has 0 spiro atoms. The normalized spacial score (nSPS) is 29.9. The van der Waals surface area contributed by atoms with Gasteiger partial charge in [-0.05, 0) is 59.9 Å². The number of hydrogen-bond donors (Lipinski definition) is 1. The maximum atomic E-state index is 13.5. The van der Waals surface area contributed by atoms with Gasteiger partial charge in [0.25, 0.3) is 0 Å². The zero-order valence-corrected chi connectivity index (χ0v) is 28.1. The second-order valence-electron chi connectivity index (χ2n) is 14.6. The van der Waals surface area contributed by atoms with E-state index in [9.17, 15) is 5.21 Å². The second-order valence-corrected chi connectivity index (χ2v) is 14.6. The molecule has 45 heavy (non-hydrogen) atoms. The van der Waals surface area contributed by atoms with Gasteiger partial charge in [-0.3, -0.25) is 0 Å². The van der Waals surface area contributed by atoms with Crippen LogP contribution in [-0.2, 0) is 29.9 Å². The molecule has 0 bridgehead atoms. The average Bonchev–Trinajstić information content (AvgIpc) is 3.04. The molecular formula is C37H53NO7. The first kappa shape index (κ1) is 33.9. The van der Waals surface area contributed by atoms with Crippen molar-refractivity contribution in [3.05, 3.63) is 77.5 Å². The molecule has 8 nitrogen and oxygen atoms in total. The Balaban J connectivity index is 1.44. The Bertz CT molecular complexity index is 1270. The van der Waals surface area contributed by atoms with Crippen molar-refractivity contribution in [1.82, 2.24) is 0 Å². The summed E-state index contributed by atoms with van der Waals surface area (Å²) in [4.78, 5) is 6.00. The zero-order valence-electron chi connectivity index (χ0n) is 28.1. The van der Waals surface area contributed by atoms with Crippen molar-refractivity contribution in [3.63, 3.8) is 0 Å². The number of methoxy groups -OCH3 is 2. The van der Waals surface area contributed by atoms with Gasteiger partial charge in [-0.2, -0.15) is 4.84 Å². The van der Waals surface area contributed by atoms with Gasteiger partial charge in [-0.25, -0.2) is 5.23 Å². The monoisotopic (exact) mass is 623 g/mol. The molecule has 248 valence electrons. The molecule has 0 radical (unpaired) electrons. The van der Waals surface area contributed by atoms with Crippen molar-refractivity contribution in [2.45, 2.75) is 102 Å². The Kier molecular flexibility index (Phi) is 10.3. The van der Waals surface area contributed by atoms with Crippen molar-refractivity contribution in [1.29, 1.82) is 0 Å². The highest BCUT2D eigenvalue weighted by Gasteiger charge is 2.49. The predicted octanol–water partition coefficient (Wildman–Crippen LogP) is 6.27. The lowest BCUT2D eigenvalue weighted by Gasteiger charge is -2.48. The van der Waals surface area contributed by atoms with Crippen LogP contribution in [-0.4, -0.2) is 52.2 Å². The van der Waals surface area contributed by atoms with E-state index in [1.54, 1.807) is 20.3 Å². The first-order chi connectivity index (χ1) is 21.4. The van der Waals surface area contributed by atoms with E-state index in [0.29, 0.717) is 49.9 Å².